The second kappa shape index (κ2) is 6.90. The highest BCUT2D eigenvalue weighted by molar-refractivity contribution is 5.94. The van der Waals surface area contributed by atoms with Crippen LogP contribution in [0.5, 0.6) is 6.01 Å². The van der Waals surface area contributed by atoms with Gasteiger partial charge in [-0.05, 0) is 30.9 Å². The van der Waals surface area contributed by atoms with Crippen LogP contribution in [0.3, 0.4) is 0 Å². The first kappa shape index (κ1) is 18.4. The second-order valence-electron chi connectivity index (χ2n) is 7.75. The van der Waals surface area contributed by atoms with E-state index in [9.17, 15) is 14.9 Å². The maximum Gasteiger partial charge on any atom is 0.415 e. The molecular weight excluding hydrogens is 362 g/mol. The van der Waals surface area contributed by atoms with Crippen LogP contribution in [0.25, 0.3) is 0 Å². The fourth-order valence-electron chi connectivity index (χ4n) is 3.82. The number of hydrogen-bond donors (Lipinski definition) is 0. The van der Waals surface area contributed by atoms with Crippen LogP contribution in [-0.4, -0.2) is 68.5 Å². The van der Waals surface area contributed by atoms with Gasteiger partial charge in [-0.25, -0.2) is 0 Å². The van der Waals surface area contributed by atoms with Gasteiger partial charge >= 0.3 is 11.8 Å². The Morgan fingerprint density at radius 3 is 2.54 bits per heavy atom. The minimum Gasteiger partial charge on any atom is -0.436 e. The van der Waals surface area contributed by atoms with Crippen LogP contribution in [0, 0.1) is 17.0 Å². The van der Waals surface area contributed by atoms with Gasteiger partial charge in [0.25, 0.3) is 5.91 Å². The number of carbonyl (C=O) groups is 1. The fourth-order valence-corrected chi connectivity index (χ4v) is 3.82. The molecule has 2 aliphatic heterocycles. The van der Waals surface area contributed by atoms with E-state index in [0.717, 1.165) is 24.2 Å². The predicted molar refractivity (Wildman–Crippen MR) is 101 cm³/mol. The summed E-state index contributed by atoms with van der Waals surface area (Å²) in [6.45, 7) is 8.04. The summed E-state index contributed by atoms with van der Waals surface area (Å²) in [5.41, 5.74) is 1.37. The lowest BCUT2D eigenvalue weighted by Crippen LogP contribution is -2.53. The van der Waals surface area contributed by atoms with Crippen molar-refractivity contribution in [2.75, 3.05) is 32.7 Å². The Hall–Kier alpha value is -2.94. The van der Waals surface area contributed by atoms with Crippen LogP contribution in [0.15, 0.2) is 30.5 Å². The number of carbonyl (C=O) groups excluding carboxylic acids is 1. The molecule has 1 aromatic heterocycles. The molecule has 1 aromatic carbocycles. The molecule has 2 aromatic rings. The second-order valence-corrected chi connectivity index (χ2v) is 7.75. The van der Waals surface area contributed by atoms with E-state index in [-0.39, 0.29) is 11.7 Å². The van der Waals surface area contributed by atoms with Crippen molar-refractivity contribution in [3.05, 3.63) is 51.7 Å². The van der Waals surface area contributed by atoms with E-state index in [2.05, 4.69) is 9.88 Å². The maximum atomic E-state index is 12.6. The molecule has 0 bridgehead atoms. The summed E-state index contributed by atoms with van der Waals surface area (Å²) in [5, 5.41) is 10.8. The Bertz CT molecular complexity index is 876. The number of benzene rings is 1. The molecule has 0 spiro atoms. The molecule has 0 radical (unpaired) electrons. The molecule has 0 N–H and O–H groups in total. The highest BCUT2D eigenvalue weighted by Gasteiger charge is 2.42. The summed E-state index contributed by atoms with van der Waals surface area (Å²) in [4.78, 5) is 31.0. The van der Waals surface area contributed by atoms with Gasteiger partial charge in [0, 0.05) is 43.3 Å². The molecule has 3 heterocycles. The number of nitro groups is 1. The Morgan fingerprint density at radius 1 is 1.25 bits per heavy atom. The number of piperazine rings is 1. The van der Waals surface area contributed by atoms with Crippen molar-refractivity contribution in [1.82, 2.24) is 19.4 Å². The number of aromatic nitrogens is 2. The minimum absolute atomic E-state index is 0.0652. The third-order valence-electron chi connectivity index (χ3n) is 5.27. The fraction of sp³-hybridized carbons (Fsp3) is 0.474. The summed E-state index contributed by atoms with van der Waals surface area (Å²) >= 11 is 0. The highest BCUT2D eigenvalue weighted by Crippen LogP contribution is 2.31. The van der Waals surface area contributed by atoms with E-state index in [4.69, 9.17) is 4.74 Å². The zero-order chi connectivity index (χ0) is 19.9. The number of ether oxygens (including phenoxy) is 1. The number of nitrogens with zero attached hydrogens (tertiary/aromatic N) is 5. The normalized spacial score (nSPS) is 22.0. The summed E-state index contributed by atoms with van der Waals surface area (Å²) in [6, 6.07) is 7.95. The first-order chi connectivity index (χ1) is 13.3. The van der Waals surface area contributed by atoms with Crippen LogP contribution < -0.4 is 4.74 Å². The molecule has 1 atom stereocenters. The van der Waals surface area contributed by atoms with E-state index in [1.807, 2.05) is 43.0 Å². The Labute approximate surface area is 162 Å². The van der Waals surface area contributed by atoms with Gasteiger partial charge in [-0.2, -0.15) is 0 Å². The van der Waals surface area contributed by atoms with E-state index >= 15 is 0 Å². The van der Waals surface area contributed by atoms with Crippen molar-refractivity contribution in [1.29, 1.82) is 0 Å². The van der Waals surface area contributed by atoms with Crippen molar-refractivity contribution in [3.8, 4) is 6.01 Å². The number of hydrogen-bond acceptors (Lipinski definition) is 6. The van der Waals surface area contributed by atoms with E-state index in [1.54, 1.807) is 4.57 Å². The molecule has 0 saturated carbocycles. The molecule has 148 valence electrons. The number of imidazole rings is 1. The van der Waals surface area contributed by atoms with Crippen molar-refractivity contribution in [2.45, 2.75) is 26.0 Å². The van der Waals surface area contributed by atoms with E-state index < -0.39 is 10.5 Å². The van der Waals surface area contributed by atoms with Crippen molar-refractivity contribution in [2.24, 2.45) is 0 Å². The maximum absolute atomic E-state index is 12.6. The third kappa shape index (κ3) is 3.57. The van der Waals surface area contributed by atoms with Gasteiger partial charge in [0.05, 0.1) is 6.54 Å². The van der Waals surface area contributed by atoms with Gasteiger partial charge in [0.2, 0.25) is 0 Å². The molecule has 1 saturated heterocycles. The van der Waals surface area contributed by atoms with Crippen LogP contribution in [0.2, 0.25) is 0 Å². The number of amides is 1. The summed E-state index contributed by atoms with van der Waals surface area (Å²) < 4.78 is 7.60. The Morgan fingerprint density at radius 2 is 1.93 bits per heavy atom. The Balaban J connectivity index is 1.32. The third-order valence-corrected chi connectivity index (χ3v) is 5.27. The van der Waals surface area contributed by atoms with Gasteiger partial charge in [-0.1, -0.05) is 17.7 Å². The molecule has 1 fully saturated rings. The largest absolute Gasteiger partial charge is 0.436 e. The zero-order valence-corrected chi connectivity index (χ0v) is 16.0. The summed E-state index contributed by atoms with van der Waals surface area (Å²) in [5.74, 6) is -0.129. The number of fused-ring (bicyclic) bond motifs is 1. The van der Waals surface area contributed by atoms with Gasteiger partial charge in [0.15, 0.2) is 0 Å². The van der Waals surface area contributed by atoms with Gasteiger partial charge < -0.3 is 19.8 Å². The quantitative estimate of drug-likeness (QED) is 0.587. The van der Waals surface area contributed by atoms with E-state index in [0.29, 0.717) is 32.2 Å². The van der Waals surface area contributed by atoms with Gasteiger partial charge in [-0.3, -0.25) is 14.3 Å². The minimum atomic E-state index is -0.518. The first-order valence-corrected chi connectivity index (χ1v) is 9.32. The molecule has 0 aliphatic carbocycles. The lowest BCUT2D eigenvalue weighted by molar-refractivity contribution is -0.389. The average molecular weight is 385 g/mol. The van der Waals surface area contributed by atoms with Gasteiger partial charge in [0.1, 0.15) is 11.8 Å². The highest BCUT2D eigenvalue weighted by atomic mass is 16.6. The smallest absolute Gasteiger partial charge is 0.415 e. The molecule has 2 aliphatic rings. The SMILES string of the molecule is Cc1ccc(C(=O)N2CCN(CC3(C)Cn4cc([N+](=O)[O-])nc4O3)CC2)cc1. The van der Waals surface area contributed by atoms with Crippen LogP contribution in [-0.2, 0) is 6.54 Å². The molecule has 9 heteroatoms. The van der Waals surface area contributed by atoms with E-state index in [1.165, 1.54) is 6.20 Å². The first-order valence-electron chi connectivity index (χ1n) is 9.32. The molecule has 1 unspecified atom stereocenters. The van der Waals surface area contributed by atoms with Crippen LogP contribution in [0.1, 0.15) is 22.8 Å². The van der Waals surface area contributed by atoms with Crippen molar-refractivity contribution < 1.29 is 14.5 Å². The number of rotatable bonds is 4. The van der Waals surface area contributed by atoms with Gasteiger partial charge in [-0.15, -0.1) is 0 Å². The predicted octanol–water partition coefficient (Wildman–Crippen LogP) is 1.71. The topological polar surface area (TPSA) is 93.7 Å². The zero-order valence-electron chi connectivity index (χ0n) is 16.0. The van der Waals surface area contributed by atoms with Crippen LogP contribution in [0.4, 0.5) is 5.82 Å². The summed E-state index contributed by atoms with van der Waals surface area (Å²) in [7, 11) is 0. The molecular formula is C19H23N5O4. The standard InChI is InChI=1S/C19H23N5O4/c1-14-3-5-15(6-4-14)17(25)22-9-7-21(8-10-22)12-19(2)13-23-11-16(24(26)27)20-18(23)28-19/h3-6,11H,7-10,12-13H2,1-2H3. The number of aryl methyl sites for hydroxylation is 1. The monoisotopic (exact) mass is 385 g/mol. The lowest BCUT2D eigenvalue weighted by Gasteiger charge is -2.38. The lowest BCUT2D eigenvalue weighted by atomic mass is 10.1. The molecule has 9 nitrogen and oxygen atoms in total. The van der Waals surface area contributed by atoms with Crippen LogP contribution >= 0.6 is 0 Å². The Kier molecular flexibility index (Phi) is 4.54. The van der Waals surface area contributed by atoms with Crippen molar-refractivity contribution in [3.63, 3.8) is 0 Å². The van der Waals surface area contributed by atoms with Crippen molar-refractivity contribution >= 4 is 11.7 Å². The average Bonchev–Trinajstić information content (AvgIpc) is 3.17. The molecule has 28 heavy (non-hydrogen) atoms. The molecule has 1 amide bonds. The summed E-state index contributed by atoms with van der Waals surface area (Å²) in [6.07, 6.45) is 1.42. The molecule has 4 rings (SSSR count).